The number of fused-ring (bicyclic) bond motifs is 2. The lowest BCUT2D eigenvalue weighted by Gasteiger charge is -2.24. The van der Waals surface area contributed by atoms with E-state index in [1.165, 1.54) is 6.07 Å². The number of rotatable bonds is 3. The number of carbonyl (C=O) groups is 1. The SMILES string of the molecule is Cc1ccc2c(COC(=O)C3COc4ccc(Cl)cc4C3)cc(=O)oc2c1C. The minimum Gasteiger partial charge on any atom is -0.492 e. The molecule has 144 valence electrons. The molecule has 6 heteroatoms. The highest BCUT2D eigenvalue weighted by molar-refractivity contribution is 6.30. The Balaban J connectivity index is 1.53. The zero-order chi connectivity index (χ0) is 19.8. The number of esters is 1. The number of halogens is 1. The van der Waals surface area contributed by atoms with Crippen LogP contribution in [0.5, 0.6) is 5.75 Å². The van der Waals surface area contributed by atoms with Crippen molar-refractivity contribution >= 4 is 28.5 Å². The van der Waals surface area contributed by atoms with Crippen LogP contribution in [0.2, 0.25) is 5.02 Å². The Kier molecular flexibility index (Phi) is 4.85. The van der Waals surface area contributed by atoms with Crippen molar-refractivity contribution in [2.24, 2.45) is 5.92 Å². The first-order chi connectivity index (χ1) is 13.4. The van der Waals surface area contributed by atoms with Gasteiger partial charge in [-0.15, -0.1) is 0 Å². The molecular formula is C22H19ClO5. The predicted octanol–water partition coefficient (Wildman–Crippen LogP) is 4.36. The van der Waals surface area contributed by atoms with Crippen LogP contribution in [0.4, 0.5) is 0 Å². The summed E-state index contributed by atoms with van der Waals surface area (Å²) in [7, 11) is 0. The van der Waals surface area contributed by atoms with Gasteiger partial charge in [-0.05, 0) is 55.2 Å². The first-order valence-corrected chi connectivity index (χ1v) is 9.41. The van der Waals surface area contributed by atoms with E-state index >= 15 is 0 Å². The summed E-state index contributed by atoms with van der Waals surface area (Å²) in [6.07, 6.45) is 0.505. The quantitative estimate of drug-likeness (QED) is 0.484. The Labute approximate surface area is 166 Å². The molecule has 0 radical (unpaired) electrons. The van der Waals surface area contributed by atoms with Crippen molar-refractivity contribution in [3.8, 4) is 5.75 Å². The van der Waals surface area contributed by atoms with E-state index < -0.39 is 11.5 Å². The highest BCUT2D eigenvalue weighted by Crippen LogP contribution is 2.30. The summed E-state index contributed by atoms with van der Waals surface area (Å²) in [4.78, 5) is 24.5. The number of hydrogen-bond donors (Lipinski definition) is 0. The standard InChI is InChI=1S/C22H19ClO5/c1-12-3-5-18-15(9-20(24)28-21(18)13(12)2)10-27-22(25)16-7-14-8-17(23)4-6-19(14)26-11-16/h3-6,8-9,16H,7,10-11H2,1-2H3. The zero-order valence-electron chi connectivity index (χ0n) is 15.6. The fourth-order valence-corrected chi connectivity index (χ4v) is 3.62. The fourth-order valence-electron chi connectivity index (χ4n) is 3.43. The van der Waals surface area contributed by atoms with Gasteiger partial charge in [0, 0.05) is 22.0 Å². The van der Waals surface area contributed by atoms with E-state index in [1.54, 1.807) is 18.2 Å². The average Bonchev–Trinajstić information content (AvgIpc) is 2.68. The van der Waals surface area contributed by atoms with Gasteiger partial charge in [-0.2, -0.15) is 0 Å². The molecule has 0 spiro atoms. The molecule has 1 unspecified atom stereocenters. The summed E-state index contributed by atoms with van der Waals surface area (Å²) in [5.41, 5.74) is 3.51. The van der Waals surface area contributed by atoms with Crippen LogP contribution in [-0.4, -0.2) is 12.6 Å². The molecule has 1 atom stereocenters. The average molecular weight is 399 g/mol. The Morgan fingerprint density at radius 1 is 1.21 bits per heavy atom. The number of benzene rings is 2. The van der Waals surface area contributed by atoms with Crippen molar-refractivity contribution < 1.29 is 18.7 Å². The molecule has 4 rings (SSSR count). The highest BCUT2D eigenvalue weighted by atomic mass is 35.5. The molecule has 0 aliphatic carbocycles. The van der Waals surface area contributed by atoms with Crippen LogP contribution in [0.1, 0.15) is 22.3 Å². The lowest BCUT2D eigenvalue weighted by Crippen LogP contribution is -2.29. The molecule has 5 nitrogen and oxygen atoms in total. The van der Waals surface area contributed by atoms with Crippen LogP contribution in [-0.2, 0) is 22.6 Å². The van der Waals surface area contributed by atoms with E-state index in [2.05, 4.69) is 0 Å². The van der Waals surface area contributed by atoms with Crippen LogP contribution in [0.15, 0.2) is 45.6 Å². The molecule has 0 saturated carbocycles. The molecule has 2 aromatic carbocycles. The van der Waals surface area contributed by atoms with Gasteiger partial charge in [-0.3, -0.25) is 4.79 Å². The second-order valence-corrected chi connectivity index (χ2v) is 7.48. The monoisotopic (exact) mass is 398 g/mol. The first-order valence-electron chi connectivity index (χ1n) is 9.03. The largest absolute Gasteiger partial charge is 0.492 e. The Hall–Kier alpha value is -2.79. The molecule has 0 amide bonds. The highest BCUT2D eigenvalue weighted by Gasteiger charge is 2.27. The van der Waals surface area contributed by atoms with Crippen LogP contribution in [0.25, 0.3) is 11.0 Å². The maximum absolute atomic E-state index is 12.6. The lowest BCUT2D eigenvalue weighted by molar-refractivity contribution is -0.151. The Morgan fingerprint density at radius 3 is 2.86 bits per heavy atom. The van der Waals surface area contributed by atoms with E-state index in [1.807, 2.05) is 26.0 Å². The molecule has 2 heterocycles. The summed E-state index contributed by atoms with van der Waals surface area (Å²) in [6.45, 7) is 4.11. The van der Waals surface area contributed by atoms with E-state index in [4.69, 9.17) is 25.5 Å². The fraction of sp³-hybridized carbons (Fsp3) is 0.273. The Bertz CT molecular complexity index is 1130. The van der Waals surface area contributed by atoms with Crippen molar-refractivity contribution in [3.63, 3.8) is 0 Å². The summed E-state index contributed by atoms with van der Waals surface area (Å²) in [6, 6.07) is 10.6. The van der Waals surface area contributed by atoms with Crippen LogP contribution in [0, 0.1) is 19.8 Å². The van der Waals surface area contributed by atoms with E-state index in [0.29, 0.717) is 22.6 Å². The second kappa shape index (κ2) is 7.32. The molecule has 28 heavy (non-hydrogen) atoms. The van der Waals surface area contributed by atoms with Gasteiger partial charge in [-0.25, -0.2) is 4.79 Å². The maximum atomic E-state index is 12.6. The van der Waals surface area contributed by atoms with Crippen molar-refractivity contribution in [1.82, 2.24) is 0 Å². The Morgan fingerprint density at radius 2 is 2.04 bits per heavy atom. The second-order valence-electron chi connectivity index (χ2n) is 7.05. The van der Waals surface area contributed by atoms with Gasteiger partial charge in [0.2, 0.25) is 0 Å². The van der Waals surface area contributed by atoms with Crippen molar-refractivity contribution in [1.29, 1.82) is 0 Å². The minimum absolute atomic E-state index is 0.00232. The third-order valence-electron chi connectivity index (χ3n) is 5.15. The third-order valence-corrected chi connectivity index (χ3v) is 5.38. The van der Waals surface area contributed by atoms with Gasteiger partial charge in [0.1, 0.15) is 24.5 Å². The first kappa shape index (κ1) is 18.6. The molecule has 0 bridgehead atoms. The van der Waals surface area contributed by atoms with Gasteiger partial charge < -0.3 is 13.9 Å². The predicted molar refractivity (Wildman–Crippen MR) is 106 cm³/mol. The minimum atomic E-state index is -0.461. The number of aryl methyl sites for hydroxylation is 2. The van der Waals surface area contributed by atoms with Gasteiger partial charge in [0.05, 0.1) is 5.92 Å². The molecule has 0 fully saturated rings. The smallest absolute Gasteiger partial charge is 0.336 e. The van der Waals surface area contributed by atoms with E-state index in [0.717, 1.165) is 27.8 Å². The van der Waals surface area contributed by atoms with Crippen molar-refractivity contribution in [3.05, 3.63) is 74.1 Å². The zero-order valence-corrected chi connectivity index (χ0v) is 16.3. The van der Waals surface area contributed by atoms with Gasteiger partial charge >= 0.3 is 11.6 Å². The maximum Gasteiger partial charge on any atom is 0.336 e. The molecule has 1 aliphatic rings. The molecule has 1 aliphatic heterocycles. The number of carbonyl (C=O) groups excluding carboxylic acids is 1. The van der Waals surface area contributed by atoms with E-state index in [9.17, 15) is 9.59 Å². The van der Waals surface area contributed by atoms with Crippen LogP contribution >= 0.6 is 11.6 Å². The summed E-state index contributed by atoms with van der Waals surface area (Å²) in [5, 5.41) is 1.37. The summed E-state index contributed by atoms with van der Waals surface area (Å²) < 4.78 is 16.5. The van der Waals surface area contributed by atoms with Crippen LogP contribution < -0.4 is 10.4 Å². The van der Waals surface area contributed by atoms with Crippen molar-refractivity contribution in [2.75, 3.05) is 6.61 Å². The lowest BCUT2D eigenvalue weighted by atomic mass is 9.97. The van der Waals surface area contributed by atoms with E-state index in [-0.39, 0.29) is 19.2 Å². The van der Waals surface area contributed by atoms with Gasteiger partial charge in [0.25, 0.3) is 0 Å². The van der Waals surface area contributed by atoms with Crippen LogP contribution in [0.3, 0.4) is 0 Å². The van der Waals surface area contributed by atoms with Gasteiger partial charge in [-0.1, -0.05) is 23.7 Å². The normalized spacial score (nSPS) is 15.8. The molecule has 0 saturated heterocycles. The number of hydrogen-bond acceptors (Lipinski definition) is 5. The third kappa shape index (κ3) is 3.50. The molecule has 0 N–H and O–H groups in total. The number of ether oxygens (including phenoxy) is 2. The summed E-state index contributed by atoms with van der Waals surface area (Å²) >= 11 is 6.03. The molecule has 3 aromatic rings. The topological polar surface area (TPSA) is 65.7 Å². The van der Waals surface area contributed by atoms with Gasteiger partial charge in [0.15, 0.2) is 0 Å². The van der Waals surface area contributed by atoms with Crippen molar-refractivity contribution in [2.45, 2.75) is 26.9 Å². The molecular weight excluding hydrogens is 380 g/mol. The summed E-state index contributed by atoms with van der Waals surface area (Å²) in [5.74, 6) is -0.0388. The molecule has 1 aromatic heterocycles.